The van der Waals surface area contributed by atoms with Gasteiger partial charge in [-0.05, 0) is 17.5 Å². The van der Waals surface area contributed by atoms with Crippen molar-refractivity contribution in [3.63, 3.8) is 0 Å². The van der Waals surface area contributed by atoms with Crippen molar-refractivity contribution in [1.82, 2.24) is 0 Å². The van der Waals surface area contributed by atoms with Gasteiger partial charge < -0.3 is 19.3 Å². The molecule has 1 rings (SSSR count). The van der Waals surface area contributed by atoms with Crippen molar-refractivity contribution < 1.29 is 19.3 Å². The molecule has 0 amide bonds. The van der Waals surface area contributed by atoms with Gasteiger partial charge in [0.05, 0.1) is 20.3 Å². The van der Waals surface area contributed by atoms with E-state index in [1.807, 2.05) is 20.8 Å². The lowest BCUT2D eigenvalue weighted by Crippen LogP contribution is -2.34. The zero-order valence-electron chi connectivity index (χ0n) is 12.6. The molecule has 0 aliphatic carbocycles. The summed E-state index contributed by atoms with van der Waals surface area (Å²) in [6.07, 6.45) is -1.08. The second-order valence-electron chi connectivity index (χ2n) is 5.58. The molecular weight excluding hydrogens is 244 g/mol. The maximum absolute atomic E-state index is 10.5. The van der Waals surface area contributed by atoms with Crippen LogP contribution in [0, 0.1) is 5.41 Å². The van der Waals surface area contributed by atoms with Gasteiger partial charge in [0.25, 0.3) is 0 Å². The van der Waals surface area contributed by atoms with Crippen molar-refractivity contribution in [3.8, 4) is 11.5 Å². The molecular formula is C15H24O4. The molecule has 0 heterocycles. The van der Waals surface area contributed by atoms with E-state index in [1.165, 1.54) is 0 Å². The highest BCUT2D eigenvalue weighted by Crippen LogP contribution is 2.37. The molecule has 19 heavy (non-hydrogen) atoms. The number of aliphatic hydroxyl groups excluding tert-OH is 1. The van der Waals surface area contributed by atoms with Crippen LogP contribution in [0.4, 0.5) is 0 Å². The maximum atomic E-state index is 10.5. The molecule has 2 unspecified atom stereocenters. The van der Waals surface area contributed by atoms with E-state index in [0.29, 0.717) is 17.1 Å². The minimum Gasteiger partial charge on any atom is -0.497 e. The SMILES string of the molecule is COc1ccc(C(O)C(OC)C(C)(C)C)c(OC)c1. The lowest BCUT2D eigenvalue weighted by Gasteiger charge is -2.33. The van der Waals surface area contributed by atoms with E-state index in [4.69, 9.17) is 14.2 Å². The number of aliphatic hydroxyl groups is 1. The predicted octanol–water partition coefficient (Wildman–Crippen LogP) is 2.80. The molecule has 0 spiro atoms. The number of methoxy groups -OCH3 is 3. The summed E-state index contributed by atoms with van der Waals surface area (Å²) in [6.45, 7) is 6.08. The van der Waals surface area contributed by atoms with Gasteiger partial charge in [0.15, 0.2) is 0 Å². The number of ether oxygens (including phenoxy) is 3. The number of rotatable bonds is 5. The van der Waals surface area contributed by atoms with E-state index in [-0.39, 0.29) is 11.5 Å². The van der Waals surface area contributed by atoms with Crippen LogP contribution in [0.1, 0.15) is 32.4 Å². The van der Waals surface area contributed by atoms with Crippen LogP contribution >= 0.6 is 0 Å². The molecule has 1 aromatic rings. The van der Waals surface area contributed by atoms with E-state index < -0.39 is 6.10 Å². The highest BCUT2D eigenvalue weighted by molar-refractivity contribution is 5.42. The smallest absolute Gasteiger partial charge is 0.128 e. The molecule has 1 aromatic carbocycles. The van der Waals surface area contributed by atoms with Crippen LogP contribution in [-0.2, 0) is 4.74 Å². The first-order chi connectivity index (χ1) is 8.85. The van der Waals surface area contributed by atoms with Gasteiger partial charge in [-0.25, -0.2) is 0 Å². The van der Waals surface area contributed by atoms with Crippen LogP contribution in [-0.4, -0.2) is 32.5 Å². The summed E-state index contributed by atoms with van der Waals surface area (Å²) >= 11 is 0. The fraction of sp³-hybridized carbons (Fsp3) is 0.600. The van der Waals surface area contributed by atoms with Gasteiger partial charge in [-0.2, -0.15) is 0 Å². The van der Waals surface area contributed by atoms with Crippen molar-refractivity contribution in [2.75, 3.05) is 21.3 Å². The molecule has 0 aromatic heterocycles. The summed E-state index contributed by atoms with van der Waals surface area (Å²) < 4.78 is 15.9. The quantitative estimate of drug-likeness (QED) is 0.892. The summed E-state index contributed by atoms with van der Waals surface area (Å²) in [6, 6.07) is 5.37. The molecule has 0 bridgehead atoms. The van der Waals surface area contributed by atoms with E-state index in [0.717, 1.165) is 0 Å². The summed E-state index contributed by atoms with van der Waals surface area (Å²) in [5, 5.41) is 10.5. The molecule has 0 aliphatic heterocycles. The fourth-order valence-electron chi connectivity index (χ4n) is 2.18. The molecule has 0 fully saturated rings. The third-order valence-electron chi connectivity index (χ3n) is 3.15. The van der Waals surface area contributed by atoms with Gasteiger partial charge in [-0.3, -0.25) is 0 Å². The third kappa shape index (κ3) is 3.61. The largest absolute Gasteiger partial charge is 0.497 e. The lowest BCUT2D eigenvalue weighted by atomic mass is 9.83. The Bertz CT molecular complexity index is 409. The molecule has 4 nitrogen and oxygen atoms in total. The molecule has 1 N–H and O–H groups in total. The standard InChI is InChI=1S/C15H24O4/c1-15(2,3)14(19-6)13(16)11-8-7-10(17-4)9-12(11)18-5/h7-9,13-14,16H,1-6H3. The molecule has 0 aliphatic rings. The third-order valence-corrected chi connectivity index (χ3v) is 3.15. The van der Waals surface area contributed by atoms with Crippen molar-refractivity contribution >= 4 is 0 Å². The minimum absolute atomic E-state index is 0.181. The van der Waals surface area contributed by atoms with Gasteiger partial charge in [0.1, 0.15) is 17.6 Å². The number of benzene rings is 1. The average molecular weight is 268 g/mol. The highest BCUT2D eigenvalue weighted by atomic mass is 16.5. The highest BCUT2D eigenvalue weighted by Gasteiger charge is 2.33. The van der Waals surface area contributed by atoms with Gasteiger partial charge in [-0.15, -0.1) is 0 Å². The molecule has 0 radical (unpaired) electrons. The Hall–Kier alpha value is -1.26. The van der Waals surface area contributed by atoms with Crippen LogP contribution in [0.15, 0.2) is 18.2 Å². The Morgan fingerprint density at radius 2 is 1.68 bits per heavy atom. The monoisotopic (exact) mass is 268 g/mol. The van der Waals surface area contributed by atoms with Crippen molar-refractivity contribution in [2.24, 2.45) is 5.41 Å². The van der Waals surface area contributed by atoms with Crippen LogP contribution in [0.3, 0.4) is 0 Å². The Morgan fingerprint density at radius 1 is 1.05 bits per heavy atom. The Balaban J connectivity index is 3.14. The number of hydrogen-bond acceptors (Lipinski definition) is 4. The summed E-state index contributed by atoms with van der Waals surface area (Å²) in [7, 11) is 4.77. The average Bonchev–Trinajstić information content (AvgIpc) is 2.36. The van der Waals surface area contributed by atoms with E-state index in [9.17, 15) is 5.11 Å². The van der Waals surface area contributed by atoms with Crippen molar-refractivity contribution in [2.45, 2.75) is 33.0 Å². The first-order valence-corrected chi connectivity index (χ1v) is 6.28. The van der Waals surface area contributed by atoms with Gasteiger partial charge in [-0.1, -0.05) is 20.8 Å². The second-order valence-corrected chi connectivity index (χ2v) is 5.58. The van der Waals surface area contributed by atoms with Crippen LogP contribution in [0.5, 0.6) is 11.5 Å². The Kier molecular flexibility index (Phi) is 5.20. The van der Waals surface area contributed by atoms with E-state index in [1.54, 1.807) is 39.5 Å². The topological polar surface area (TPSA) is 47.9 Å². The summed E-state index contributed by atoms with van der Waals surface area (Å²) in [5.41, 5.74) is 0.518. The van der Waals surface area contributed by atoms with Crippen molar-refractivity contribution in [3.05, 3.63) is 23.8 Å². The van der Waals surface area contributed by atoms with Gasteiger partial charge in [0, 0.05) is 18.7 Å². The lowest BCUT2D eigenvalue weighted by molar-refractivity contribution is -0.0730. The summed E-state index contributed by atoms with van der Waals surface area (Å²) in [5.74, 6) is 1.29. The van der Waals surface area contributed by atoms with Crippen LogP contribution in [0.25, 0.3) is 0 Å². The molecule has 2 atom stereocenters. The van der Waals surface area contributed by atoms with Crippen molar-refractivity contribution in [1.29, 1.82) is 0 Å². The molecule has 108 valence electrons. The van der Waals surface area contributed by atoms with E-state index in [2.05, 4.69) is 0 Å². The molecule has 0 saturated carbocycles. The summed E-state index contributed by atoms with van der Waals surface area (Å²) in [4.78, 5) is 0. The Morgan fingerprint density at radius 3 is 2.11 bits per heavy atom. The zero-order valence-corrected chi connectivity index (χ0v) is 12.6. The fourth-order valence-corrected chi connectivity index (χ4v) is 2.18. The maximum Gasteiger partial charge on any atom is 0.128 e. The predicted molar refractivity (Wildman–Crippen MR) is 74.8 cm³/mol. The van der Waals surface area contributed by atoms with Gasteiger partial charge in [0.2, 0.25) is 0 Å². The minimum atomic E-state index is -0.758. The molecule has 0 saturated heterocycles. The van der Waals surface area contributed by atoms with Crippen LogP contribution in [0.2, 0.25) is 0 Å². The first kappa shape index (κ1) is 15.8. The zero-order chi connectivity index (χ0) is 14.6. The second kappa shape index (κ2) is 6.26. The Labute approximate surface area is 115 Å². The first-order valence-electron chi connectivity index (χ1n) is 6.28. The van der Waals surface area contributed by atoms with Gasteiger partial charge >= 0.3 is 0 Å². The normalized spacial score (nSPS) is 14.9. The van der Waals surface area contributed by atoms with E-state index >= 15 is 0 Å². The number of hydrogen-bond donors (Lipinski definition) is 1. The molecule has 4 heteroatoms. The van der Waals surface area contributed by atoms with Crippen LogP contribution < -0.4 is 9.47 Å².